The van der Waals surface area contributed by atoms with Gasteiger partial charge in [0.2, 0.25) is 0 Å². The van der Waals surface area contributed by atoms with E-state index in [2.05, 4.69) is 4.74 Å². The van der Waals surface area contributed by atoms with Crippen LogP contribution in [0.5, 0.6) is 0 Å². The molecule has 0 saturated carbocycles. The first-order valence-corrected chi connectivity index (χ1v) is 10.6. The Labute approximate surface area is 171 Å². The summed E-state index contributed by atoms with van der Waals surface area (Å²) in [6.45, 7) is 5.44. The number of anilines is 1. The maximum Gasteiger partial charge on any atom is 0.432 e. The molecule has 0 N–H and O–H groups in total. The van der Waals surface area contributed by atoms with Gasteiger partial charge in [0.05, 0.1) is 5.56 Å². The van der Waals surface area contributed by atoms with Gasteiger partial charge in [-0.15, -0.1) is 0 Å². The molecule has 1 rings (SSSR count). The van der Waals surface area contributed by atoms with E-state index in [1.807, 2.05) is 18.7 Å². The minimum absolute atomic E-state index is 0.502. The summed E-state index contributed by atoms with van der Waals surface area (Å²) < 4.78 is 101. The molecule has 0 radical (unpaired) electrons. The second-order valence-corrected chi connectivity index (χ2v) is 8.04. The van der Waals surface area contributed by atoms with Gasteiger partial charge in [0.1, 0.15) is 0 Å². The fourth-order valence-corrected chi connectivity index (χ4v) is 2.95. The summed E-state index contributed by atoms with van der Waals surface area (Å²) in [4.78, 5) is 13.9. The summed E-state index contributed by atoms with van der Waals surface area (Å²) in [6.07, 6.45) is -6.76. The van der Waals surface area contributed by atoms with Crippen LogP contribution in [0.2, 0.25) is 0 Å². The summed E-state index contributed by atoms with van der Waals surface area (Å²) in [5.41, 5.74) is 0.173. The lowest BCUT2D eigenvalue weighted by molar-refractivity contribution is -0.248. The van der Waals surface area contributed by atoms with Crippen molar-refractivity contribution in [3.05, 3.63) is 29.8 Å². The quantitative estimate of drug-likeness (QED) is 0.278. The number of carbonyl (C=O) groups excluding carboxylic acids is 1. The first-order valence-electron chi connectivity index (χ1n) is 9.21. The number of nitrogens with zero attached hydrogens (tertiary/aromatic N) is 1. The molecule has 1 aromatic rings. The van der Waals surface area contributed by atoms with Crippen LogP contribution in [0.1, 0.15) is 49.9 Å². The predicted octanol–water partition coefficient (Wildman–Crippen LogP) is 4.32. The van der Waals surface area contributed by atoms with Crippen LogP contribution < -0.4 is 4.90 Å². The number of esters is 1. The van der Waals surface area contributed by atoms with Crippen molar-refractivity contribution in [2.75, 3.05) is 18.0 Å². The third-order valence-electron chi connectivity index (χ3n) is 4.19. The van der Waals surface area contributed by atoms with E-state index < -0.39 is 39.2 Å². The van der Waals surface area contributed by atoms with Crippen LogP contribution in [0.15, 0.2) is 24.3 Å². The number of rotatable bonds is 11. The van der Waals surface area contributed by atoms with Gasteiger partial charge in [-0.25, -0.2) is 13.2 Å². The Balaban J connectivity index is 3.07. The number of halogens is 5. The van der Waals surface area contributed by atoms with Gasteiger partial charge >= 0.3 is 17.4 Å². The molecule has 12 heteroatoms. The lowest BCUT2D eigenvalue weighted by atomic mass is 10.1. The van der Waals surface area contributed by atoms with Crippen LogP contribution in [0.4, 0.5) is 27.6 Å². The molecule has 30 heavy (non-hydrogen) atoms. The van der Waals surface area contributed by atoms with Crippen molar-refractivity contribution in [3.8, 4) is 0 Å². The Morgan fingerprint density at radius 3 is 1.87 bits per heavy atom. The van der Waals surface area contributed by atoms with Gasteiger partial charge < -0.3 is 14.2 Å². The molecule has 0 aromatic heterocycles. The highest BCUT2D eigenvalue weighted by molar-refractivity contribution is 7.86. The zero-order chi connectivity index (χ0) is 23.2. The second kappa shape index (κ2) is 10.4. The Morgan fingerprint density at radius 2 is 1.50 bits per heavy atom. The van der Waals surface area contributed by atoms with E-state index in [1.165, 1.54) is 12.1 Å². The molecule has 0 bridgehead atoms. The van der Waals surface area contributed by atoms with Gasteiger partial charge in [-0.05, 0) is 37.1 Å². The second-order valence-electron chi connectivity index (χ2n) is 6.58. The summed E-state index contributed by atoms with van der Waals surface area (Å²) >= 11 is 0. The number of alkyl halides is 5. The molecule has 0 aliphatic heterocycles. The summed E-state index contributed by atoms with van der Waals surface area (Å²) in [5, 5.41) is -5.88. The molecule has 172 valence electrons. The van der Waals surface area contributed by atoms with E-state index >= 15 is 0 Å². The molecule has 0 spiro atoms. The van der Waals surface area contributed by atoms with Crippen LogP contribution in [0.25, 0.3) is 0 Å². The van der Waals surface area contributed by atoms with Crippen molar-refractivity contribution in [2.24, 2.45) is 0 Å². The first kappa shape index (κ1) is 26.1. The Bertz CT molecular complexity index is 788. The van der Waals surface area contributed by atoms with Gasteiger partial charge in [-0.1, -0.05) is 26.7 Å². The fourth-order valence-electron chi connectivity index (χ4n) is 2.51. The highest BCUT2D eigenvalue weighted by atomic mass is 32.2. The average Bonchev–Trinajstić information content (AvgIpc) is 2.64. The lowest BCUT2D eigenvalue weighted by Gasteiger charge is -2.29. The van der Waals surface area contributed by atoms with Crippen LogP contribution >= 0.6 is 0 Å². The monoisotopic (exact) mass is 460 g/mol. The van der Waals surface area contributed by atoms with E-state index in [0.29, 0.717) is 18.8 Å². The summed E-state index contributed by atoms with van der Waals surface area (Å²) in [7, 11) is -6.74. The van der Waals surface area contributed by atoms with Gasteiger partial charge in [0.15, 0.2) is 10.1 Å². The minimum atomic E-state index is -6.74. The molecular weight excluding hydrogens is 437 g/mol. The predicted molar refractivity (Wildman–Crippen MR) is 98.4 cm³/mol. The average molecular weight is 460 g/mol. The standard InChI is InChI=1S/C18H24F5NO5S/c1-3-5-11-24(12-6-4-2)14-9-7-13(8-10-14)15(25)29-16(17(19,20)21)18(22,23)30(26,27)28/h7-10,16H,3-6,11-12H2,1-2H3,(H,26,27,28)/p-1. The molecule has 1 aromatic carbocycles. The Kier molecular flexibility index (Phi) is 9.03. The summed E-state index contributed by atoms with van der Waals surface area (Å²) in [6, 6.07) is 5.01. The number of hydrogen-bond acceptors (Lipinski definition) is 6. The number of hydrogen-bond donors (Lipinski definition) is 0. The lowest BCUT2D eigenvalue weighted by Crippen LogP contribution is -2.52. The van der Waals surface area contributed by atoms with Crippen molar-refractivity contribution in [1.82, 2.24) is 0 Å². The highest BCUT2D eigenvalue weighted by Crippen LogP contribution is 2.38. The molecule has 0 aliphatic rings. The molecule has 0 amide bonds. The van der Waals surface area contributed by atoms with Crippen LogP contribution in [-0.2, 0) is 14.9 Å². The van der Waals surface area contributed by atoms with Crippen LogP contribution in [-0.4, -0.2) is 49.6 Å². The third-order valence-corrected chi connectivity index (χ3v) is 5.07. The number of unbranched alkanes of at least 4 members (excludes halogenated alkanes) is 2. The summed E-state index contributed by atoms with van der Waals surface area (Å²) in [5.74, 6) is -1.83. The SMILES string of the molecule is CCCCN(CCCC)c1ccc(C(=O)OC(C(F)(F)F)C(F)(F)S(=O)(=O)[O-])cc1. The van der Waals surface area contributed by atoms with E-state index in [9.17, 15) is 39.7 Å². The van der Waals surface area contributed by atoms with Gasteiger partial charge in [-0.2, -0.15) is 22.0 Å². The normalized spacial score (nSPS) is 13.7. The zero-order valence-electron chi connectivity index (χ0n) is 16.4. The zero-order valence-corrected chi connectivity index (χ0v) is 17.2. The minimum Gasteiger partial charge on any atom is -0.743 e. The van der Waals surface area contributed by atoms with Gasteiger partial charge in [-0.3, -0.25) is 0 Å². The Hall–Kier alpha value is -1.95. The van der Waals surface area contributed by atoms with E-state index in [-0.39, 0.29) is 0 Å². The van der Waals surface area contributed by atoms with Gasteiger partial charge in [0, 0.05) is 18.8 Å². The molecule has 1 atom stereocenters. The largest absolute Gasteiger partial charge is 0.743 e. The number of carbonyl (C=O) groups is 1. The maximum atomic E-state index is 13.5. The van der Waals surface area contributed by atoms with Crippen molar-refractivity contribution in [2.45, 2.75) is 57.1 Å². The first-order chi connectivity index (χ1) is 13.8. The van der Waals surface area contributed by atoms with Crippen LogP contribution in [0.3, 0.4) is 0 Å². The van der Waals surface area contributed by atoms with E-state index in [1.54, 1.807) is 0 Å². The van der Waals surface area contributed by atoms with E-state index in [0.717, 1.165) is 37.8 Å². The third kappa shape index (κ3) is 6.79. The molecule has 0 saturated heterocycles. The maximum absolute atomic E-state index is 13.5. The van der Waals surface area contributed by atoms with Crippen molar-refractivity contribution >= 4 is 21.8 Å². The van der Waals surface area contributed by atoms with Crippen molar-refractivity contribution in [3.63, 3.8) is 0 Å². The highest BCUT2D eigenvalue weighted by Gasteiger charge is 2.63. The topological polar surface area (TPSA) is 86.7 Å². The molecular formula is C18H23F5NO5S-. The molecule has 0 heterocycles. The smallest absolute Gasteiger partial charge is 0.432 e. The molecule has 0 fully saturated rings. The Morgan fingerprint density at radius 1 is 1.03 bits per heavy atom. The number of ether oxygens (including phenoxy) is 1. The van der Waals surface area contributed by atoms with Crippen LogP contribution in [0, 0.1) is 0 Å². The molecule has 6 nitrogen and oxygen atoms in total. The van der Waals surface area contributed by atoms with E-state index in [4.69, 9.17) is 0 Å². The van der Waals surface area contributed by atoms with Gasteiger partial charge in [0.25, 0.3) is 6.10 Å². The van der Waals surface area contributed by atoms with Crippen molar-refractivity contribution in [1.29, 1.82) is 0 Å². The van der Waals surface area contributed by atoms with Crippen molar-refractivity contribution < 1.29 is 44.5 Å². The number of benzene rings is 1. The molecule has 1 unspecified atom stereocenters. The molecule has 0 aliphatic carbocycles. The fraction of sp³-hybridized carbons (Fsp3) is 0.611.